The van der Waals surface area contributed by atoms with E-state index in [1.54, 1.807) is 28.8 Å². The number of fused-ring (bicyclic) bond motifs is 6. The molecule has 0 fully saturated rings. The number of hydrogen-bond donors (Lipinski definition) is 0. The Bertz CT molecular complexity index is 5230. The third-order valence-electron chi connectivity index (χ3n) is 17.4. The Balaban J connectivity index is 0.918. The number of nitriles is 1. The van der Waals surface area contributed by atoms with Gasteiger partial charge in [0.05, 0.1) is 73.4 Å². The lowest BCUT2D eigenvalue weighted by molar-refractivity contribution is -0.137. The summed E-state index contributed by atoms with van der Waals surface area (Å²) in [7, 11) is 0. The SMILES string of the molecule is N#Cc1cccc(-c2cc(-n3c4ccc(-c5ccc(-c6ccccc6)nc5)cc4c4cc(-c5ccc(-c6ccccc6)nc5)ccc43)c(C(F)(F)F)cc2-n2c3ccc(-c4ccc(-c5ccccc5)nc4)cc3c3cc(-c4ccc(-c5ccccc5)nc4)ccc32)c1. The number of hydrogen-bond acceptors (Lipinski definition) is 5. The monoisotopic (exact) mass is 1190 g/mol. The van der Waals surface area contributed by atoms with Gasteiger partial charge in [-0.25, -0.2) is 0 Å². The first-order valence-electron chi connectivity index (χ1n) is 30.2. The van der Waals surface area contributed by atoms with Gasteiger partial charge in [-0.3, -0.25) is 19.9 Å². The number of pyridine rings is 4. The molecule has 0 spiro atoms. The van der Waals surface area contributed by atoms with Gasteiger partial charge in [0, 0.05) is 96.4 Å². The van der Waals surface area contributed by atoms with E-state index in [0.29, 0.717) is 38.8 Å². The van der Waals surface area contributed by atoms with E-state index < -0.39 is 11.7 Å². The number of aromatic nitrogens is 6. The van der Waals surface area contributed by atoms with Gasteiger partial charge in [-0.05, 0) is 125 Å². The highest BCUT2D eigenvalue weighted by atomic mass is 19.4. The number of benzene rings is 10. The predicted molar refractivity (Wildman–Crippen MR) is 365 cm³/mol. The number of nitrogens with zero attached hydrogens (tertiary/aromatic N) is 7. The summed E-state index contributed by atoms with van der Waals surface area (Å²) in [6.45, 7) is 0. The van der Waals surface area contributed by atoms with Crippen LogP contribution in [0.15, 0.2) is 304 Å². The summed E-state index contributed by atoms with van der Waals surface area (Å²) in [5.41, 5.74) is 17.5. The lowest BCUT2D eigenvalue weighted by atomic mass is 9.97. The Hall–Kier alpha value is -12.3. The maximum Gasteiger partial charge on any atom is 0.418 e. The third kappa shape index (κ3) is 10.0. The van der Waals surface area contributed by atoms with E-state index in [0.717, 1.165) is 111 Å². The zero-order valence-electron chi connectivity index (χ0n) is 49.1. The van der Waals surface area contributed by atoms with Crippen molar-refractivity contribution in [3.8, 4) is 118 Å². The molecule has 6 aromatic heterocycles. The zero-order chi connectivity index (χ0) is 61.9. The van der Waals surface area contributed by atoms with Crippen LogP contribution in [-0.4, -0.2) is 29.1 Å². The summed E-state index contributed by atoms with van der Waals surface area (Å²) >= 11 is 0. The van der Waals surface area contributed by atoms with Gasteiger partial charge in [0.2, 0.25) is 0 Å². The third-order valence-corrected chi connectivity index (χ3v) is 17.4. The van der Waals surface area contributed by atoms with E-state index >= 15 is 13.2 Å². The number of alkyl halides is 3. The van der Waals surface area contributed by atoms with Crippen LogP contribution in [0.2, 0.25) is 0 Å². The van der Waals surface area contributed by atoms with Crippen LogP contribution in [-0.2, 0) is 6.18 Å². The first-order valence-corrected chi connectivity index (χ1v) is 30.2. The summed E-state index contributed by atoms with van der Waals surface area (Å²) in [6, 6.07) is 92.4. The minimum absolute atomic E-state index is 0.0786. The first-order chi connectivity index (χ1) is 45.2. The van der Waals surface area contributed by atoms with E-state index in [-0.39, 0.29) is 11.4 Å². The van der Waals surface area contributed by atoms with Crippen LogP contribution in [0, 0.1) is 11.3 Å². The minimum Gasteiger partial charge on any atom is -0.309 e. The quantitative estimate of drug-likeness (QED) is 0.129. The second-order valence-corrected chi connectivity index (χ2v) is 22.9. The molecule has 16 rings (SSSR count). The lowest BCUT2D eigenvalue weighted by Crippen LogP contribution is -2.13. The molecule has 6 heterocycles. The minimum atomic E-state index is -4.88. The molecule has 0 amide bonds. The second-order valence-electron chi connectivity index (χ2n) is 22.9. The van der Waals surface area contributed by atoms with E-state index in [4.69, 9.17) is 19.9 Å². The van der Waals surface area contributed by atoms with Crippen molar-refractivity contribution in [3.63, 3.8) is 0 Å². The van der Waals surface area contributed by atoms with Gasteiger partial charge in [-0.15, -0.1) is 0 Å². The highest BCUT2D eigenvalue weighted by molar-refractivity contribution is 6.14. The van der Waals surface area contributed by atoms with Crippen LogP contribution in [0.4, 0.5) is 13.2 Å². The van der Waals surface area contributed by atoms with Crippen molar-refractivity contribution in [1.82, 2.24) is 29.1 Å². The Morgan fingerprint density at radius 3 is 0.902 bits per heavy atom. The summed E-state index contributed by atoms with van der Waals surface area (Å²) in [5.74, 6) is 0. The highest BCUT2D eigenvalue weighted by Gasteiger charge is 2.37. The van der Waals surface area contributed by atoms with Crippen molar-refractivity contribution < 1.29 is 13.2 Å². The molecule has 0 N–H and O–H groups in total. The fraction of sp³-hybridized carbons (Fsp3) is 0.0122. The molecule has 16 aromatic rings. The Morgan fingerprint density at radius 2 is 0.598 bits per heavy atom. The van der Waals surface area contributed by atoms with Crippen molar-refractivity contribution in [2.75, 3.05) is 0 Å². The van der Waals surface area contributed by atoms with Crippen LogP contribution in [0.25, 0.3) is 156 Å². The van der Waals surface area contributed by atoms with Gasteiger partial charge >= 0.3 is 6.18 Å². The molecule has 0 radical (unpaired) electrons. The molecule has 0 saturated carbocycles. The Labute approximate surface area is 527 Å². The molecule has 0 unspecified atom stereocenters. The summed E-state index contributed by atoms with van der Waals surface area (Å²) in [6.07, 6.45) is 2.52. The molecule has 92 heavy (non-hydrogen) atoms. The van der Waals surface area contributed by atoms with Crippen molar-refractivity contribution in [1.29, 1.82) is 5.26 Å². The van der Waals surface area contributed by atoms with Crippen molar-refractivity contribution in [2.45, 2.75) is 6.18 Å². The maximum absolute atomic E-state index is 16.9. The summed E-state index contributed by atoms with van der Waals surface area (Å²) in [4.78, 5) is 19.5. The molecule has 7 nitrogen and oxygen atoms in total. The van der Waals surface area contributed by atoms with Crippen molar-refractivity contribution in [3.05, 3.63) is 315 Å². The summed E-state index contributed by atoms with van der Waals surface area (Å²) in [5, 5.41) is 13.6. The first kappa shape index (κ1) is 55.0. The zero-order valence-corrected chi connectivity index (χ0v) is 49.1. The largest absolute Gasteiger partial charge is 0.418 e. The van der Waals surface area contributed by atoms with Crippen molar-refractivity contribution >= 4 is 43.6 Å². The van der Waals surface area contributed by atoms with Gasteiger partial charge in [-0.1, -0.05) is 182 Å². The van der Waals surface area contributed by atoms with Gasteiger partial charge in [0.1, 0.15) is 0 Å². The molecule has 0 aliphatic rings. The molecule has 0 saturated heterocycles. The van der Waals surface area contributed by atoms with Gasteiger partial charge in [-0.2, -0.15) is 18.4 Å². The fourth-order valence-electron chi connectivity index (χ4n) is 12.8. The van der Waals surface area contributed by atoms with E-state index in [9.17, 15) is 5.26 Å². The van der Waals surface area contributed by atoms with E-state index in [1.807, 2.05) is 254 Å². The predicted octanol–water partition coefficient (Wildman–Crippen LogP) is 21.4. The van der Waals surface area contributed by atoms with Gasteiger partial charge in [0.15, 0.2) is 0 Å². The molecule has 10 aromatic carbocycles. The molecule has 434 valence electrons. The molecule has 0 bridgehead atoms. The Morgan fingerprint density at radius 1 is 0.283 bits per heavy atom. The molecular formula is C82H50F3N7. The average molecular weight is 1190 g/mol. The smallest absolute Gasteiger partial charge is 0.309 e. The van der Waals surface area contributed by atoms with Crippen LogP contribution in [0.5, 0.6) is 0 Å². The molecular weight excluding hydrogens is 1140 g/mol. The normalized spacial score (nSPS) is 11.6. The van der Waals surface area contributed by atoms with Crippen molar-refractivity contribution in [2.24, 2.45) is 0 Å². The van der Waals surface area contributed by atoms with Gasteiger partial charge < -0.3 is 9.13 Å². The highest BCUT2D eigenvalue weighted by Crippen LogP contribution is 2.47. The van der Waals surface area contributed by atoms with Crippen LogP contribution < -0.4 is 0 Å². The van der Waals surface area contributed by atoms with Crippen LogP contribution >= 0.6 is 0 Å². The molecule has 0 atom stereocenters. The second kappa shape index (κ2) is 22.7. The van der Waals surface area contributed by atoms with E-state index in [2.05, 4.69) is 30.3 Å². The standard InChI is InChI=1S/C82H50F3N7/c83-82(84,85)71-46-80(91-76-36-28-57(62-24-32-72(87-48-62)53-15-5-1-6-16-53)41-67(76)68-42-58(29-37-77(68)91)63-25-33-73(88-49-63)54-17-7-2-8-18-54)66(61-23-13-14-52(40-61)47-86)45-81(71)92-78-38-30-59(64-26-34-74(89-50-64)55-19-9-3-10-20-55)43-69(78)70-44-60(31-39-79(70)92)65-27-35-75(90-51-65)56-21-11-4-12-22-56/h1-46,48-51H. The topological polar surface area (TPSA) is 85.2 Å². The van der Waals surface area contributed by atoms with Gasteiger partial charge in [0.25, 0.3) is 0 Å². The molecule has 0 aliphatic carbocycles. The number of halogens is 3. The number of rotatable bonds is 11. The fourth-order valence-corrected chi connectivity index (χ4v) is 12.8. The maximum atomic E-state index is 16.9. The Kier molecular flexibility index (Phi) is 13.6. The van der Waals surface area contributed by atoms with Crippen LogP contribution in [0.1, 0.15) is 11.1 Å². The summed E-state index contributed by atoms with van der Waals surface area (Å²) < 4.78 is 54.3. The van der Waals surface area contributed by atoms with E-state index in [1.165, 1.54) is 6.07 Å². The lowest BCUT2D eigenvalue weighted by Gasteiger charge is -2.22. The average Bonchev–Trinajstić information content (AvgIpc) is 1.54. The molecule has 0 aliphatic heterocycles. The van der Waals surface area contributed by atoms with Crippen LogP contribution in [0.3, 0.4) is 0 Å². The molecule has 10 heteroatoms.